The summed E-state index contributed by atoms with van der Waals surface area (Å²) in [4.78, 5) is 17.7. The number of ether oxygens (including phenoxy) is 1. The molecule has 4 aromatic rings. The van der Waals surface area contributed by atoms with Crippen LogP contribution < -0.4 is 20.8 Å². The summed E-state index contributed by atoms with van der Waals surface area (Å²) in [7, 11) is 0. The number of nitrogens with one attached hydrogen (secondary N) is 2. The molecule has 1 aliphatic heterocycles. The van der Waals surface area contributed by atoms with E-state index in [0.717, 1.165) is 25.7 Å². The van der Waals surface area contributed by atoms with Crippen molar-refractivity contribution in [2.24, 2.45) is 0 Å². The van der Waals surface area contributed by atoms with Crippen LogP contribution in [0.25, 0.3) is 10.9 Å². The number of pyridine rings is 2. The minimum absolute atomic E-state index is 0.0258. The lowest BCUT2D eigenvalue weighted by atomic mass is 9.82. The molecule has 8 heteroatoms. The normalized spacial score (nSPS) is 20.4. The first kappa shape index (κ1) is 24.0. The van der Waals surface area contributed by atoms with Gasteiger partial charge in [-0.25, -0.2) is 4.39 Å². The summed E-state index contributed by atoms with van der Waals surface area (Å²) >= 11 is 0. The molecular formula is C30H28FN5O2. The number of para-hydroxylation sites is 1. The zero-order chi connectivity index (χ0) is 26.2. The lowest BCUT2D eigenvalue weighted by Gasteiger charge is -2.33. The highest BCUT2D eigenvalue weighted by molar-refractivity contribution is 6.02. The van der Waals surface area contributed by atoms with E-state index in [1.165, 1.54) is 5.56 Å². The molecule has 0 radical (unpaired) electrons. The number of benzene rings is 2. The van der Waals surface area contributed by atoms with Crippen molar-refractivity contribution in [3.63, 3.8) is 0 Å². The van der Waals surface area contributed by atoms with Gasteiger partial charge in [-0.1, -0.05) is 24.3 Å². The van der Waals surface area contributed by atoms with Crippen LogP contribution in [0, 0.1) is 17.1 Å². The average Bonchev–Trinajstić information content (AvgIpc) is 2.96. The molecule has 7 nitrogen and oxygen atoms in total. The molecule has 0 spiro atoms. The van der Waals surface area contributed by atoms with Crippen molar-refractivity contribution in [1.82, 2.24) is 9.55 Å². The molecule has 0 bridgehead atoms. The molecule has 38 heavy (non-hydrogen) atoms. The molecule has 2 N–H and O–H groups in total. The van der Waals surface area contributed by atoms with Gasteiger partial charge in [0.25, 0.3) is 0 Å². The molecule has 6 rings (SSSR count). The topological polar surface area (TPSA) is 92.0 Å². The Hall–Kier alpha value is -4.38. The molecule has 0 amide bonds. The molecule has 3 heterocycles. The van der Waals surface area contributed by atoms with Crippen molar-refractivity contribution in [2.75, 3.05) is 17.2 Å². The van der Waals surface area contributed by atoms with Crippen LogP contribution in [-0.4, -0.2) is 22.2 Å². The number of nitrogens with zero attached hydrogens (tertiary/aromatic N) is 3. The zero-order valence-electron chi connectivity index (χ0n) is 21.1. The largest absolute Gasteiger partial charge is 0.487 e. The monoisotopic (exact) mass is 509 g/mol. The van der Waals surface area contributed by atoms with E-state index in [-0.39, 0.29) is 34.4 Å². The molecule has 2 aromatic carbocycles. The Balaban J connectivity index is 1.45. The first-order valence-corrected chi connectivity index (χ1v) is 13.0. The lowest BCUT2D eigenvalue weighted by Crippen LogP contribution is -2.29. The molecule has 1 atom stereocenters. The van der Waals surface area contributed by atoms with E-state index in [4.69, 9.17) is 4.74 Å². The summed E-state index contributed by atoms with van der Waals surface area (Å²) in [6, 6.07) is 15.2. The van der Waals surface area contributed by atoms with Gasteiger partial charge in [-0.05, 0) is 62.3 Å². The third kappa shape index (κ3) is 4.14. The summed E-state index contributed by atoms with van der Waals surface area (Å²) in [5.74, 6) is 0.174. The third-order valence-corrected chi connectivity index (χ3v) is 7.70. The van der Waals surface area contributed by atoms with E-state index in [1.807, 2.05) is 60.2 Å². The van der Waals surface area contributed by atoms with Gasteiger partial charge in [0.2, 0.25) is 5.43 Å². The molecule has 2 aliphatic rings. The molecule has 1 aliphatic carbocycles. The maximum atomic E-state index is 16.5. The summed E-state index contributed by atoms with van der Waals surface area (Å²) in [5.41, 5.74) is 2.14. The van der Waals surface area contributed by atoms with Gasteiger partial charge in [0.1, 0.15) is 23.9 Å². The van der Waals surface area contributed by atoms with Crippen LogP contribution >= 0.6 is 0 Å². The van der Waals surface area contributed by atoms with Gasteiger partial charge in [-0.15, -0.1) is 0 Å². The van der Waals surface area contributed by atoms with Crippen LogP contribution in [0.1, 0.15) is 55.7 Å². The van der Waals surface area contributed by atoms with Gasteiger partial charge in [0, 0.05) is 30.3 Å². The first-order chi connectivity index (χ1) is 18.5. The van der Waals surface area contributed by atoms with Crippen LogP contribution in [0.15, 0.2) is 65.8 Å². The van der Waals surface area contributed by atoms with Crippen LogP contribution in [0.4, 0.5) is 21.5 Å². The Morgan fingerprint density at radius 2 is 1.89 bits per heavy atom. The van der Waals surface area contributed by atoms with Gasteiger partial charge in [-0.2, -0.15) is 5.26 Å². The Kier molecular flexibility index (Phi) is 6.20. The second-order valence-corrected chi connectivity index (χ2v) is 10.1. The van der Waals surface area contributed by atoms with Crippen molar-refractivity contribution < 1.29 is 9.13 Å². The standard InChI is InChI=1S/C30H28FN5O2/c1-18-17-38-30-27(35-23-11-9-19(10-12-23)20-6-5-13-33-15-20)25(31)26(34-22-7-3-2-4-8-22)24-28(30)36(18)16-21(14-32)29(24)37/h2-8,13,15-16,18-19,23,34-35H,9-12,17H2,1H3/t18-,19-,23+/m0/s1. The molecule has 192 valence electrons. The minimum atomic E-state index is -0.584. The quantitative estimate of drug-likeness (QED) is 0.331. The highest BCUT2D eigenvalue weighted by atomic mass is 19.1. The zero-order valence-corrected chi connectivity index (χ0v) is 21.1. The maximum Gasteiger partial charge on any atom is 0.209 e. The van der Waals surface area contributed by atoms with Crippen molar-refractivity contribution in [3.8, 4) is 11.8 Å². The lowest BCUT2D eigenvalue weighted by molar-refractivity contribution is 0.247. The molecule has 0 unspecified atom stereocenters. The Labute approximate surface area is 219 Å². The number of rotatable bonds is 5. The predicted molar refractivity (Wildman–Crippen MR) is 146 cm³/mol. The van der Waals surface area contributed by atoms with Gasteiger partial charge in [0.05, 0.1) is 22.6 Å². The van der Waals surface area contributed by atoms with Crippen LogP contribution in [0.3, 0.4) is 0 Å². The predicted octanol–water partition coefficient (Wildman–Crippen LogP) is 6.24. The number of hydrogen-bond donors (Lipinski definition) is 2. The van der Waals surface area contributed by atoms with E-state index in [2.05, 4.69) is 21.7 Å². The number of nitriles is 1. The molecule has 0 saturated heterocycles. The fraction of sp³-hybridized carbons (Fsp3) is 0.300. The summed E-state index contributed by atoms with van der Waals surface area (Å²) < 4.78 is 24.4. The Morgan fingerprint density at radius 1 is 1.11 bits per heavy atom. The van der Waals surface area contributed by atoms with Gasteiger partial charge < -0.3 is 19.9 Å². The van der Waals surface area contributed by atoms with Crippen molar-refractivity contribution in [2.45, 2.75) is 50.6 Å². The first-order valence-electron chi connectivity index (χ1n) is 13.0. The highest BCUT2D eigenvalue weighted by Crippen LogP contribution is 2.46. The number of halogens is 1. The average molecular weight is 510 g/mol. The second kappa shape index (κ2) is 9.82. The molecule has 1 saturated carbocycles. The van der Waals surface area contributed by atoms with E-state index in [9.17, 15) is 10.1 Å². The highest BCUT2D eigenvalue weighted by Gasteiger charge is 2.32. The number of anilines is 3. The fourth-order valence-corrected chi connectivity index (χ4v) is 5.71. The maximum absolute atomic E-state index is 16.5. The SMILES string of the molecule is C[C@H]1COc2c(N[C@H]3CC[C@@H](c4cccnc4)CC3)c(F)c(Nc3ccccc3)c3c(=O)c(C#N)cn1c23. The fourth-order valence-electron chi connectivity index (χ4n) is 5.71. The number of aromatic nitrogens is 2. The van der Waals surface area contributed by atoms with Crippen molar-refractivity contribution in [3.05, 3.63) is 88.2 Å². The molecular weight excluding hydrogens is 481 g/mol. The van der Waals surface area contributed by atoms with Crippen LogP contribution in [0.2, 0.25) is 0 Å². The van der Waals surface area contributed by atoms with Gasteiger partial charge in [0.15, 0.2) is 11.6 Å². The molecule has 1 fully saturated rings. The smallest absolute Gasteiger partial charge is 0.209 e. The van der Waals surface area contributed by atoms with Crippen molar-refractivity contribution >= 4 is 28.0 Å². The third-order valence-electron chi connectivity index (χ3n) is 7.70. The Morgan fingerprint density at radius 3 is 2.61 bits per heavy atom. The van der Waals surface area contributed by atoms with Crippen LogP contribution in [-0.2, 0) is 0 Å². The van der Waals surface area contributed by atoms with E-state index in [0.29, 0.717) is 29.5 Å². The van der Waals surface area contributed by atoms with Crippen molar-refractivity contribution in [1.29, 1.82) is 5.26 Å². The van der Waals surface area contributed by atoms with Gasteiger partial charge >= 0.3 is 0 Å². The number of hydrogen-bond acceptors (Lipinski definition) is 6. The molecule has 2 aromatic heterocycles. The van der Waals surface area contributed by atoms with Gasteiger partial charge in [-0.3, -0.25) is 9.78 Å². The summed E-state index contributed by atoms with van der Waals surface area (Å²) in [6.07, 6.45) is 8.95. The van der Waals surface area contributed by atoms with E-state index < -0.39 is 11.2 Å². The summed E-state index contributed by atoms with van der Waals surface area (Å²) in [5, 5.41) is 16.4. The summed E-state index contributed by atoms with van der Waals surface area (Å²) in [6.45, 7) is 2.26. The van der Waals surface area contributed by atoms with E-state index in [1.54, 1.807) is 12.4 Å². The van der Waals surface area contributed by atoms with Crippen LogP contribution in [0.5, 0.6) is 5.75 Å². The second-order valence-electron chi connectivity index (χ2n) is 10.1. The Bertz CT molecular complexity index is 1590. The minimum Gasteiger partial charge on any atom is -0.487 e. The van der Waals surface area contributed by atoms with E-state index >= 15 is 4.39 Å².